The van der Waals surface area contributed by atoms with Crippen LogP contribution in [0.2, 0.25) is 0 Å². The number of nitrogens with two attached hydrogens (primary N) is 1. The molecule has 1 fully saturated rings. The SMILES string of the molecule is CC(O)(C(=O)Nc1cnc2c(N)noc2c1)[C@H]1OCCN(c2ccn(-c3ccncc3)n2)C1=O. The minimum absolute atomic E-state index is 0.104. The Labute approximate surface area is 192 Å². The molecule has 0 spiro atoms. The van der Waals surface area contributed by atoms with Crippen molar-refractivity contribution in [2.24, 2.45) is 0 Å². The van der Waals surface area contributed by atoms with Gasteiger partial charge in [-0.15, -0.1) is 5.10 Å². The van der Waals surface area contributed by atoms with Gasteiger partial charge in [-0.1, -0.05) is 5.16 Å². The Hall–Kier alpha value is -4.36. The molecule has 13 nitrogen and oxygen atoms in total. The van der Waals surface area contributed by atoms with Crippen LogP contribution in [0.5, 0.6) is 0 Å². The van der Waals surface area contributed by atoms with Crippen LogP contribution in [0.3, 0.4) is 0 Å². The van der Waals surface area contributed by atoms with Gasteiger partial charge in [0.25, 0.3) is 11.8 Å². The van der Waals surface area contributed by atoms with Gasteiger partial charge in [-0.25, -0.2) is 9.67 Å². The number of nitrogen functional groups attached to an aromatic ring is 1. The summed E-state index contributed by atoms with van der Waals surface area (Å²) >= 11 is 0. The van der Waals surface area contributed by atoms with Crippen LogP contribution >= 0.6 is 0 Å². The second-order valence-electron chi connectivity index (χ2n) is 7.80. The lowest BCUT2D eigenvalue weighted by molar-refractivity contribution is -0.165. The third kappa shape index (κ3) is 3.72. The van der Waals surface area contributed by atoms with E-state index < -0.39 is 23.5 Å². The zero-order valence-electron chi connectivity index (χ0n) is 18.0. The van der Waals surface area contributed by atoms with Gasteiger partial charge < -0.3 is 25.4 Å². The average molecular weight is 464 g/mol. The molecule has 0 aliphatic carbocycles. The molecule has 1 aliphatic heterocycles. The summed E-state index contributed by atoms with van der Waals surface area (Å²) in [5.74, 6) is -0.969. The molecule has 5 rings (SSSR count). The maximum absolute atomic E-state index is 13.2. The van der Waals surface area contributed by atoms with Gasteiger partial charge in [0.15, 0.2) is 34.4 Å². The number of pyridine rings is 2. The molecule has 1 unspecified atom stereocenters. The minimum atomic E-state index is -2.20. The van der Waals surface area contributed by atoms with Gasteiger partial charge in [-0.3, -0.25) is 19.5 Å². The summed E-state index contributed by atoms with van der Waals surface area (Å²) in [6.07, 6.45) is 4.85. The first-order valence-corrected chi connectivity index (χ1v) is 10.3. The summed E-state index contributed by atoms with van der Waals surface area (Å²) < 4.78 is 12.2. The van der Waals surface area contributed by atoms with Gasteiger partial charge >= 0.3 is 0 Å². The van der Waals surface area contributed by atoms with E-state index in [1.165, 1.54) is 24.1 Å². The lowest BCUT2D eigenvalue weighted by atomic mass is 9.95. The third-order valence-electron chi connectivity index (χ3n) is 5.43. The van der Waals surface area contributed by atoms with Crippen molar-refractivity contribution in [3.05, 3.63) is 49.1 Å². The molecule has 4 N–H and O–H groups in total. The van der Waals surface area contributed by atoms with E-state index in [-0.39, 0.29) is 30.2 Å². The first-order valence-electron chi connectivity index (χ1n) is 10.3. The van der Waals surface area contributed by atoms with Crippen molar-refractivity contribution in [3.63, 3.8) is 0 Å². The van der Waals surface area contributed by atoms with E-state index in [9.17, 15) is 14.7 Å². The molecule has 2 amide bonds. The van der Waals surface area contributed by atoms with Crippen LogP contribution < -0.4 is 16.0 Å². The van der Waals surface area contributed by atoms with Crippen molar-refractivity contribution in [3.8, 4) is 5.69 Å². The maximum atomic E-state index is 13.2. The van der Waals surface area contributed by atoms with E-state index in [2.05, 4.69) is 25.5 Å². The number of hydrogen-bond donors (Lipinski definition) is 3. The molecule has 1 aliphatic rings. The van der Waals surface area contributed by atoms with E-state index in [0.29, 0.717) is 11.3 Å². The number of hydrogen-bond acceptors (Lipinski definition) is 10. The second-order valence-corrected chi connectivity index (χ2v) is 7.80. The normalized spacial score (nSPS) is 18.1. The smallest absolute Gasteiger partial charge is 0.260 e. The molecule has 2 atom stereocenters. The maximum Gasteiger partial charge on any atom is 0.260 e. The molecule has 4 aromatic rings. The van der Waals surface area contributed by atoms with Crippen molar-refractivity contribution < 1.29 is 24.0 Å². The predicted octanol–water partition coefficient (Wildman–Crippen LogP) is 0.507. The van der Waals surface area contributed by atoms with Gasteiger partial charge in [0.2, 0.25) is 0 Å². The molecule has 0 radical (unpaired) electrons. The van der Waals surface area contributed by atoms with E-state index in [1.807, 2.05) is 0 Å². The fourth-order valence-electron chi connectivity index (χ4n) is 3.61. The molecule has 1 saturated heterocycles. The van der Waals surface area contributed by atoms with Crippen molar-refractivity contribution >= 4 is 40.2 Å². The highest BCUT2D eigenvalue weighted by Crippen LogP contribution is 2.26. The Morgan fingerprint density at radius 3 is 2.91 bits per heavy atom. The summed E-state index contributed by atoms with van der Waals surface area (Å²) in [4.78, 5) is 35.6. The topological polar surface area (TPSA) is 175 Å². The predicted molar refractivity (Wildman–Crippen MR) is 119 cm³/mol. The Balaban J connectivity index is 1.34. The van der Waals surface area contributed by atoms with E-state index in [4.69, 9.17) is 15.0 Å². The minimum Gasteiger partial charge on any atom is -0.379 e. The monoisotopic (exact) mass is 464 g/mol. The number of aliphatic hydroxyl groups is 1. The molecule has 4 aromatic heterocycles. The number of aromatic nitrogens is 5. The highest BCUT2D eigenvalue weighted by Gasteiger charge is 2.49. The van der Waals surface area contributed by atoms with Gasteiger partial charge in [-0.2, -0.15) is 0 Å². The molecule has 34 heavy (non-hydrogen) atoms. The largest absolute Gasteiger partial charge is 0.379 e. The van der Waals surface area contributed by atoms with Crippen LogP contribution in [0, 0.1) is 0 Å². The fraction of sp³-hybridized carbons (Fsp3) is 0.238. The van der Waals surface area contributed by atoms with Crippen LogP contribution in [0.1, 0.15) is 6.92 Å². The molecular weight excluding hydrogens is 444 g/mol. The van der Waals surface area contributed by atoms with E-state index >= 15 is 0 Å². The molecule has 13 heteroatoms. The molecule has 5 heterocycles. The van der Waals surface area contributed by atoms with Crippen LogP contribution in [0.15, 0.2) is 53.6 Å². The summed E-state index contributed by atoms with van der Waals surface area (Å²) in [7, 11) is 0. The number of amides is 2. The fourth-order valence-corrected chi connectivity index (χ4v) is 3.61. The van der Waals surface area contributed by atoms with Crippen molar-refractivity contribution in [1.29, 1.82) is 0 Å². The lowest BCUT2D eigenvalue weighted by Gasteiger charge is -2.37. The number of nitrogens with one attached hydrogen (secondary N) is 1. The zero-order valence-corrected chi connectivity index (χ0v) is 18.0. The zero-order chi connectivity index (χ0) is 23.9. The quantitative estimate of drug-likeness (QED) is 0.377. The van der Waals surface area contributed by atoms with Crippen LogP contribution in [-0.4, -0.2) is 66.7 Å². The number of ether oxygens (including phenoxy) is 1. The summed E-state index contributed by atoms with van der Waals surface area (Å²) in [6.45, 7) is 1.53. The van der Waals surface area contributed by atoms with Crippen molar-refractivity contribution in [2.75, 3.05) is 29.1 Å². The number of rotatable bonds is 5. The number of carbonyl (C=O) groups is 2. The standard InChI is InChI=1S/C21H20N8O5/c1-21(32,20(31)25-12-10-14-16(24-11-12)18(22)27-34-14)17-19(30)28(8-9-33-17)15-4-7-29(26-15)13-2-5-23-6-3-13/h2-7,10-11,17,32H,8-9H2,1H3,(H2,22,27)(H,25,31)/t17-,21?/m0/s1. The number of carbonyl (C=O) groups excluding carboxylic acids is 2. The van der Waals surface area contributed by atoms with E-state index in [1.54, 1.807) is 41.5 Å². The number of anilines is 3. The Morgan fingerprint density at radius 1 is 1.32 bits per heavy atom. The van der Waals surface area contributed by atoms with Gasteiger partial charge in [0.1, 0.15) is 0 Å². The first kappa shape index (κ1) is 21.5. The Morgan fingerprint density at radius 2 is 2.12 bits per heavy atom. The highest BCUT2D eigenvalue weighted by molar-refractivity contribution is 6.06. The van der Waals surface area contributed by atoms with Gasteiger partial charge in [0, 0.05) is 30.7 Å². The first-order chi connectivity index (χ1) is 16.3. The van der Waals surface area contributed by atoms with Crippen LogP contribution in [0.25, 0.3) is 16.8 Å². The highest BCUT2D eigenvalue weighted by atomic mass is 16.5. The second kappa shape index (κ2) is 8.20. The molecule has 174 valence electrons. The van der Waals surface area contributed by atoms with Gasteiger partial charge in [0.05, 0.1) is 30.7 Å². The lowest BCUT2D eigenvalue weighted by Crippen LogP contribution is -2.61. The number of nitrogens with zero attached hydrogens (tertiary/aromatic N) is 6. The third-order valence-corrected chi connectivity index (χ3v) is 5.43. The van der Waals surface area contributed by atoms with Crippen molar-refractivity contribution in [2.45, 2.75) is 18.6 Å². The molecule has 0 bridgehead atoms. The average Bonchev–Trinajstić information content (AvgIpc) is 3.47. The number of morpholine rings is 1. The van der Waals surface area contributed by atoms with Crippen LogP contribution in [0.4, 0.5) is 17.3 Å². The summed E-state index contributed by atoms with van der Waals surface area (Å²) in [5, 5.41) is 21.6. The number of fused-ring (bicyclic) bond motifs is 1. The molecule has 0 aromatic carbocycles. The van der Waals surface area contributed by atoms with Crippen molar-refractivity contribution in [1.82, 2.24) is 24.9 Å². The van der Waals surface area contributed by atoms with E-state index in [0.717, 1.165) is 5.69 Å². The van der Waals surface area contributed by atoms with Crippen LogP contribution in [-0.2, 0) is 14.3 Å². The summed E-state index contributed by atoms with van der Waals surface area (Å²) in [6, 6.07) is 6.67. The molecule has 0 saturated carbocycles. The summed E-state index contributed by atoms with van der Waals surface area (Å²) in [5.41, 5.74) is 5.05. The van der Waals surface area contributed by atoms with Gasteiger partial charge in [-0.05, 0) is 19.1 Å². The molecular formula is C21H20N8O5. The Bertz CT molecular complexity index is 1370. The Kier molecular flexibility index (Phi) is 5.18.